The van der Waals surface area contributed by atoms with Gasteiger partial charge in [-0.15, -0.1) is 0 Å². The fourth-order valence-corrected chi connectivity index (χ4v) is 3.96. The van der Waals surface area contributed by atoms with Crippen LogP contribution in [0.2, 0.25) is 5.02 Å². The minimum Gasteiger partial charge on any atom is -0.507 e. The van der Waals surface area contributed by atoms with Crippen molar-refractivity contribution >= 4 is 34.7 Å². The summed E-state index contributed by atoms with van der Waals surface area (Å²) in [7, 11) is 1.44. The number of aliphatic hydroxyl groups is 1. The highest BCUT2D eigenvalue weighted by Gasteiger charge is 2.49. The van der Waals surface area contributed by atoms with Gasteiger partial charge in [0.15, 0.2) is 0 Å². The Kier molecular flexibility index (Phi) is 5.33. The SMILES string of the molecule is COc1ccc(Cl)cc1/C(O)=C1/C(=O)C(=O)N(c2cc(C)ccc2C)C1c1ccco1. The second-order valence-corrected chi connectivity index (χ2v) is 7.76. The third-order valence-corrected chi connectivity index (χ3v) is 5.53. The maximum atomic E-state index is 13.2. The molecule has 1 aromatic heterocycles. The maximum Gasteiger partial charge on any atom is 0.300 e. The van der Waals surface area contributed by atoms with Crippen LogP contribution in [0.3, 0.4) is 0 Å². The van der Waals surface area contributed by atoms with E-state index in [2.05, 4.69) is 0 Å². The lowest BCUT2D eigenvalue weighted by atomic mass is 9.98. The van der Waals surface area contributed by atoms with Crippen LogP contribution in [0, 0.1) is 13.8 Å². The number of furan rings is 1. The second-order valence-electron chi connectivity index (χ2n) is 7.32. The van der Waals surface area contributed by atoms with Gasteiger partial charge in [-0.1, -0.05) is 23.7 Å². The van der Waals surface area contributed by atoms with Crippen molar-refractivity contribution in [3.05, 3.63) is 87.8 Å². The lowest BCUT2D eigenvalue weighted by Crippen LogP contribution is -2.30. The number of methoxy groups -OCH3 is 1. The lowest BCUT2D eigenvalue weighted by molar-refractivity contribution is -0.132. The van der Waals surface area contributed by atoms with E-state index in [1.54, 1.807) is 24.3 Å². The van der Waals surface area contributed by atoms with Gasteiger partial charge in [-0.3, -0.25) is 14.5 Å². The summed E-state index contributed by atoms with van der Waals surface area (Å²) in [4.78, 5) is 27.7. The van der Waals surface area contributed by atoms with Crippen molar-refractivity contribution in [3.63, 3.8) is 0 Å². The number of benzene rings is 2. The van der Waals surface area contributed by atoms with E-state index < -0.39 is 17.7 Å². The summed E-state index contributed by atoms with van der Waals surface area (Å²) in [5.74, 6) is -1.29. The number of aliphatic hydroxyl groups excluding tert-OH is 1. The van der Waals surface area contributed by atoms with E-state index in [9.17, 15) is 14.7 Å². The van der Waals surface area contributed by atoms with E-state index in [0.717, 1.165) is 11.1 Å². The molecule has 0 bridgehead atoms. The molecule has 1 amide bonds. The Labute approximate surface area is 184 Å². The first-order chi connectivity index (χ1) is 14.8. The zero-order valence-electron chi connectivity index (χ0n) is 17.2. The Morgan fingerprint density at radius 3 is 2.58 bits per heavy atom. The molecule has 0 aliphatic carbocycles. The highest BCUT2D eigenvalue weighted by atomic mass is 35.5. The third-order valence-electron chi connectivity index (χ3n) is 5.30. The van der Waals surface area contributed by atoms with Crippen LogP contribution < -0.4 is 9.64 Å². The fourth-order valence-electron chi connectivity index (χ4n) is 3.79. The molecule has 158 valence electrons. The number of halogens is 1. The highest BCUT2D eigenvalue weighted by molar-refractivity contribution is 6.51. The number of ketones is 1. The molecule has 1 N–H and O–H groups in total. The van der Waals surface area contributed by atoms with Crippen molar-refractivity contribution in [1.82, 2.24) is 0 Å². The summed E-state index contributed by atoms with van der Waals surface area (Å²) in [6.07, 6.45) is 1.46. The number of anilines is 1. The fraction of sp³-hybridized carbons (Fsp3) is 0.167. The molecule has 31 heavy (non-hydrogen) atoms. The van der Waals surface area contributed by atoms with Gasteiger partial charge in [0.2, 0.25) is 0 Å². The second kappa shape index (κ2) is 7.96. The van der Waals surface area contributed by atoms with Crippen molar-refractivity contribution in [2.45, 2.75) is 19.9 Å². The van der Waals surface area contributed by atoms with Crippen molar-refractivity contribution in [2.75, 3.05) is 12.0 Å². The van der Waals surface area contributed by atoms with Crippen LogP contribution in [0.4, 0.5) is 5.69 Å². The minimum atomic E-state index is -0.945. The van der Waals surface area contributed by atoms with E-state index in [1.807, 2.05) is 32.0 Å². The van der Waals surface area contributed by atoms with Gasteiger partial charge in [0.1, 0.15) is 23.3 Å². The molecule has 1 fully saturated rings. The first kappa shape index (κ1) is 20.8. The van der Waals surface area contributed by atoms with Gasteiger partial charge in [0.25, 0.3) is 11.7 Å². The number of Topliss-reactive ketones (excluding diaryl/α,β-unsaturated/α-hetero) is 1. The number of amides is 1. The van der Waals surface area contributed by atoms with Crippen LogP contribution >= 0.6 is 11.6 Å². The minimum absolute atomic E-state index is 0.0959. The van der Waals surface area contributed by atoms with Crippen LogP contribution in [0.1, 0.15) is 28.5 Å². The van der Waals surface area contributed by atoms with Gasteiger partial charge >= 0.3 is 0 Å². The molecule has 2 heterocycles. The van der Waals surface area contributed by atoms with Crippen molar-refractivity contribution < 1.29 is 23.8 Å². The Balaban J connectivity index is 1.99. The number of ether oxygens (including phenoxy) is 1. The predicted octanol–water partition coefficient (Wildman–Crippen LogP) is 5.18. The number of carbonyl (C=O) groups excluding carboxylic acids is 2. The van der Waals surface area contributed by atoms with Gasteiger partial charge in [0.05, 0.1) is 24.5 Å². The number of aryl methyl sites for hydroxylation is 2. The van der Waals surface area contributed by atoms with E-state index in [4.69, 9.17) is 20.8 Å². The molecule has 4 rings (SSSR count). The zero-order chi connectivity index (χ0) is 22.3. The Morgan fingerprint density at radius 2 is 1.90 bits per heavy atom. The van der Waals surface area contributed by atoms with Crippen molar-refractivity contribution in [1.29, 1.82) is 0 Å². The molecular weight excluding hydrogens is 418 g/mol. The summed E-state index contributed by atoms with van der Waals surface area (Å²) in [5, 5.41) is 11.6. The van der Waals surface area contributed by atoms with Crippen LogP contribution in [-0.2, 0) is 9.59 Å². The predicted molar refractivity (Wildman–Crippen MR) is 117 cm³/mol. The van der Waals surface area contributed by atoms with Gasteiger partial charge in [-0.25, -0.2) is 0 Å². The molecule has 3 aromatic rings. The van der Waals surface area contributed by atoms with E-state index >= 15 is 0 Å². The Bertz CT molecular complexity index is 1210. The first-order valence-corrected chi connectivity index (χ1v) is 9.97. The number of rotatable bonds is 4. The molecule has 1 aliphatic rings. The monoisotopic (exact) mass is 437 g/mol. The van der Waals surface area contributed by atoms with E-state index in [-0.39, 0.29) is 16.9 Å². The first-order valence-electron chi connectivity index (χ1n) is 9.59. The van der Waals surface area contributed by atoms with Gasteiger partial charge in [0, 0.05) is 10.7 Å². The van der Waals surface area contributed by atoms with Crippen molar-refractivity contribution in [3.8, 4) is 5.75 Å². The average Bonchev–Trinajstić information content (AvgIpc) is 3.36. The van der Waals surface area contributed by atoms with Gasteiger partial charge in [-0.05, 0) is 61.4 Å². The topological polar surface area (TPSA) is 80.0 Å². The smallest absolute Gasteiger partial charge is 0.300 e. The Morgan fingerprint density at radius 1 is 1.13 bits per heavy atom. The van der Waals surface area contributed by atoms with Gasteiger partial charge < -0.3 is 14.3 Å². The van der Waals surface area contributed by atoms with Crippen LogP contribution in [0.15, 0.2) is 64.8 Å². The zero-order valence-corrected chi connectivity index (χ0v) is 17.9. The summed E-state index contributed by atoms with van der Waals surface area (Å²) in [6, 6.07) is 12.7. The molecule has 0 radical (unpaired) electrons. The largest absolute Gasteiger partial charge is 0.507 e. The van der Waals surface area contributed by atoms with Crippen LogP contribution in [0.5, 0.6) is 5.75 Å². The molecule has 1 atom stereocenters. The number of hydrogen-bond donors (Lipinski definition) is 1. The maximum absolute atomic E-state index is 13.2. The number of carbonyl (C=O) groups is 2. The standard InChI is InChI=1S/C24H20ClNO5/c1-13-6-7-14(2)17(11-13)26-21(19-5-4-10-31-19)20(23(28)24(26)29)22(27)16-12-15(25)8-9-18(16)30-3/h4-12,21,27H,1-3H3/b22-20-. The van der Waals surface area contributed by atoms with Crippen LogP contribution in [0.25, 0.3) is 5.76 Å². The van der Waals surface area contributed by atoms with Crippen molar-refractivity contribution in [2.24, 2.45) is 0 Å². The molecule has 1 aliphatic heterocycles. The normalized spacial score (nSPS) is 17.9. The molecule has 2 aromatic carbocycles. The lowest BCUT2D eigenvalue weighted by Gasteiger charge is -2.25. The summed E-state index contributed by atoms with van der Waals surface area (Å²) in [5.41, 5.74) is 2.43. The third kappa shape index (κ3) is 3.49. The molecule has 7 heteroatoms. The molecule has 0 spiro atoms. The van der Waals surface area contributed by atoms with Crippen LogP contribution in [-0.4, -0.2) is 23.9 Å². The molecular formula is C24H20ClNO5. The molecule has 0 saturated carbocycles. The average molecular weight is 438 g/mol. The summed E-state index contributed by atoms with van der Waals surface area (Å²) < 4.78 is 10.9. The number of nitrogens with zero attached hydrogens (tertiary/aromatic N) is 1. The van der Waals surface area contributed by atoms with E-state index in [1.165, 1.54) is 24.3 Å². The molecule has 1 unspecified atom stereocenters. The van der Waals surface area contributed by atoms with Gasteiger partial charge in [-0.2, -0.15) is 0 Å². The number of hydrogen-bond acceptors (Lipinski definition) is 5. The van der Waals surface area contributed by atoms with E-state index in [0.29, 0.717) is 22.2 Å². The highest BCUT2D eigenvalue weighted by Crippen LogP contribution is 2.44. The summed E-state index contributed by atoms with van der Waals surface area (Å²) in [6.45, 7) is 3.76. The Hall–Kier alpha value is -3.51. The molecule has 1 saturated heterocycles. The molecule has 6 nitrogen and oxygen atoms in total. The summed E-state index contributed by atoms with van der Waals surface area (Å²) >= 11 is 6.12. The quantitative estimate of drug-likeness (QED) is 0.345.